The number of hydrogen-bond donors (Lipinski definition) is 1. The predicted octanol–water partition coefficient (Wildman–Crippen LogP) is 3.78. The second kappa shape index (κ2) is 8.74. The number of nitrogens with one attached hydrogen (secondary N) is 1. The van der Waals surface area contributed by atoms with Gasteiger partial charge in [-0.3, -0.25) is 9.59 Å². The Bertz CT molecular complexity index is 1080. The molecule has 7 nitrogen and oxygen atoms in total. The standard InChI is InChI=1S/C25H27N3O4/c1-28(19-13-12-18(15-19)26-23(29)22-7-4-14-31-22)25(30)17-10-8-16(9-11-17)24-27-20-5-2-3-6-21(20)32-24/h2-3,5-6,8-11,18-19,22H,4,7,12-15H2,1H3,(H,26,29). The number of nitrogens with zero attached hydrogens (tertiary/aromatic N) is 2. The van der Waals surface area contributed by atoms with Crippen molar-refractivity contribution in [2.45, 2.75) is 50.3 Å². The molecule has 2 aromatic carbocycles. The Morgan fingerprint density at radius 2 is 1.88 bits per heavy atom. The second-order valence-electron chi connectivity index (χ2n) is 8.65. The molecule has 3 atom stereocenters. The number of aromatic nitrogens is 1. The first-order valence-corrected chi connectivity index (χ1v) is 11.2. The number of carbonyl (C=O) groups is 2. The van der Waals surface area contributed by atoms with Crippen molar-refractivity contribution in [3.63, 3.8) is 0 Å². The number of carbonyl (C=O) groups excluding carboxylic acids is 2. The first kappa shape index (κ1) is 20.7. The van der Waals surface area contributed by atoms with Gasteiger partial charge in [-0.2, -0.15) is 0 Å². The maximum atomic E-state index is 13.0. The van der Waals surface area contributed by atoms with E-state index in [1.807, 2.05) is 55.6 Å². The lowest BCUT2D eigenvalue weighted by Crippen LogP contribution is -2.41. The fourth-order valence-corrected chi connectivity index (χ4v) is 4.64. The summed E-state index contributed by atoms with van der Waals surface area (Å²) in [5.74, 6) is 0.501. The molecule has 166 valence electrons. The van der Waals surface area contributed by atoms with Gasteiger partial charge in [-0.05, 0) is 68.5 Å². The van der Waals surface area contributed by atoms with Crippen LogP contribution in [0.15, 0.2) is 52.9 Å². The van der Waals surface area contributed by atoms with Crippen LogP contribution < -0.4 is 5.32 Å². The summed E-state index contributed by atoms with van der Waals surface area (Å²) in [6.07, 6.45) is 3.93. The van der Waals surface area contributed by atoms with Crippen molar-refractivity contribution in [2.24, 2.45) is 0 Å². The van der Waals surface area contributed by atoms with Crippen LogP contribution in [0.2, 0.25) is 0 Å². The Morgan fingerprint density at radius 3 is 2.62 bits per heavy atom. The van der Waals surface area contributed by atoms with Gasteiger partial charge >= 0.3 is 0 Å². The summed E-state index contributed by atoms with van der Waals surface area (Å²) in [6.45, 7) is 0.661. The van der Waals surface area contributed by atoms with E-state index in [4.69, 9.17) is 9.15 Å². The van der Waals surface area contributed by atoms with Crippen molar-refractivity contribution in [3.8, 4) is 11.5 Å². The van der Waals surface area contributed by atoms with Crippen LogP contribution >= 0.6 is 0 Å². The van der Waals surface area contributed by atoms with Crippen molar-refractivity contribution in [3.05, 3.63) is 54.1 Å². The zero-order valence-electron chi connectivity index (χ0n) is 18.1. The number of oxazole rings is 1. The van der Waals surface area contributed by atoms with Gasteiger partial charge in [0.2, 0.25) is 11.8 Å². The summed E-state index contributed by atoms with van der Waals surface area (Å²) in [4.78, 5) is 31.7. The van der Waals surface area contributed by atoms with Gasteiger partial charge in [0.15, 0.2) is 5.58 Å². The van der Waals surface area contributed by atoms with Crippen LogP contribution in [-0.4, -0.2) is 53.5 Å². The zero-order chi connectivity index (χ0) is 22.1. The average Bonchev–Trinajstić information content (AvgIpc) is 3.58. The minimum absolute atomic E-state index is 0.0167. The molecule has 1 N–H and O–H groups in total. The molecule has 2 aliphatic rings. The van der Waals surface area contributed by atoms with Crippen molar-refractivity contribution in [1.29, 1.82) is 0 Å². The summed E-state index contributed by atoms with van der Waals surface area (Å²) in [5.41, 5.74) is 3.01. The second-order valence-corrected chi connectivity index (χ2v) is 8.65. The largest absolute Gasteiger partial charge is 0.436 e. The van der Waals surface area contributed by atoms with E-state index in [9.17, 15) is 9.59 Å². The van der Waals surface area contributed by atoms with Crippen molar-refractivity contribution in [1.82, 2.24) is 15.2 Å². The van der Waals surface area contributed by atoms with Crippen LogP contribution in [-0.2, 0) is 9.53 Å². The summed E-state index contributed by atoms with van der Waals surface area (Å²) in [6, 6.07) is 15.2. The molecule has 0 radical (unpaired) electrons. The fraction of sp³-hybridized carbons (Fsp3) is 0.400. The Labute approximate surface area is 186 Å². The Balaban J connectivity index is 1.20. The number of fused-ring (bicyclic) bond motifs is 1. The van der Waals surface area contributed by atoms with Gasteiger partial charge < -0.3 is 19.4 Å². The molecule has 1 saturated carbocycles. The van der Waals surface area contributed by atoms with E-state index in [0.29, 0.717) is 18.1 Å². The minimum atomic E-state index is -0.312. The van der Waals surface area contributed by atoms with Crippen LogP contribution in [0, 0.1) is 0 Å². The highest BCUT2D eigenvalue weighted by Crippen LogP contribution is 2.27. The Kier molecular flexibility index (Phi) is 5.66. The zero-order valence-corrected chi connectivity index (χ0v) is 18.1. The average molecular weight is 434 g/mol. The number of ether oxygens (including phenoxy) is 1. The molecule has 2 fully saturated rings. The van der Waals surface area contributed by atoms with Gasteiger partial charge in [0, 0.05) is 36.9 Å². The molecule has 7 heteroatoms. The quantitative estimate of drug-likeness (QED) is 0.662. The minimum Gasteiger partial charge on any atom is -0.436 e. The van der Waals surface area contributed by atoms with Gasteiger partial charge in [-0.15, -0.1) is 0 Å². The third-order valence-electron chi connectivity index (χ3n) is 6.51. The number of rotatable bonds is 5. The van der Waals surface area contributed by atoms with Crippen LogP contribution in [0.5, 0.6) is 0 Å². The summed E-state index contributed by atoms with van der Waals surface area (Å²) >= 11 is 0. The Morgan fingerprint density at radius 1 is 1.06 bits per heavy atom. The van der Waals surface area contributed by atoms with E-state index >= 15 is 0 Å². The molecule has 3 unspecified atom stereocenters. The van der Waals surface area contributed by atoms with Crippen molar-refractivity contribution < 1.29 is 18.7 Å². The van der Waals surface area contributed by atoms with Crippen LogP contribution in [0.1, 0.15) is 42.5 Å². The molecule has 5 rings (SSSR count). The molecule has 1 saturated heterocycles. The maximum absolute atomic E-state index is 13.0. The maximum Gasteiger partial charge on any atom is 0.253 e. The van der Waals surface area contributed by atoms with Crippen LogP contribution in [0.25, 0.3) is 22.6 Å². The highest BCUT2D eigenvalue weighted by atomic mass is 16.5. The van der Waals surface area contributed by atoms with E-state index in [1.165, 1.54) is 0 Å². The van der Waals surface area contributed by atoms with E-state index in [2.05, 4.69) is 10.3 Å². The number of para-hydroxylation sites is 2. The lowest BCUT2D eigenvalue weighted by Gasteiger charge is -2.25. The van der Waals surface area contributed by atoms with Gasteiger partial charge in [0.05, 0.1) is 0 Å². The van der Waals surface area contributed by atoms with Crippen LogP contribution in [0.4, 0.5) is 0 Å². The van der Waals surface area contributed by atoms with E-state index in [0.717, 1.165) is 48.8 Å². The fourth-order valence-electron chi connectivity index (χ4n) is 4.64. The molecule has 2 heterocycles. The number of hydrogen-bond acceptors (Lipinski definition) is 5. The van der Waals surface area contributed by atoms with Crippen molar-refractivity contribution in [2.75, 3.05) is 13.7 Å². The van der Waals surface area contributed by atoms with E-state index in [-0.39, 0.29) is 30.0 Å². The van der Waals surface area contributed by atoms with Crippen LogP contribution in [0.3, 0.4) is 0 Å². The topological polar surface area (TPSA) is 84.7 Å². The smallest absolute Gasteiger partial charge is 0.253 e. The molecule has 2 amide bonds. The monoisotopic (exact) mass is 433 g/mol. The molecule has 1 aliphatic carbocycles. The van der Waals surface area contributed by atoms with Gasteiger partial charge in [-0.1, -0.05) is 12.1 Å². The highest BCUT2D eigenvalue weighted by molar-refractivity contribution is 5.94. The molecular formula is C25H27N3O4. The Hall–Kier alpha value is -3.19. The summed E-state index contributed by atoms with van der Waals surface area (Å²) < 4.78 is 11.3. The molecule has 1 aliphatic heterocycles. The molecule has 32 heavy (non-hydrogen) atoms. The lowest BCUT2D eigenvalue weighted by atomic mass is 10.1. The number of amides is 2. The van der Waals surface area contributed by atoms with Crippen molar-refractivity contribution >= 4 is 22.9 Å². The SMILES string of the molecule is CN(C(=O)c1ccc(-c2nc3ccccc3o2)cc1)C1CCC(NC(=O)C2CCCO2)C1. The van der Waals surface area contributed by atoms with Gasteiger partial charge in [-0.25, -0.2) is 4.98 Å². The van der Waals surface area contributed by atoms with Gasteiger partial charge in [0.25, 0.3) is 5.91 Å². The first-order chi connectivity index (χ1) is 15.6. The first-order valence-electron chi connectivity index (χ1n) is 11.2. The third kappa shape index (κ3) is 4.12. The molecule has 0 spiro atoms. The lowest BCUT2D eigenvalue weighted by molar-refractivity contribution is -0.130. The summed E-state index contributed by atoms with van der Waals surface area (Å²) in [7, 11) is 1.84. The normalized spacial score (nSPS) is 22.8. The molecule has 1 aromatic heterocycles. The number of benzene rings is 2. The van der Waals surface area contributed by atoms with E-state index in [1.54, 1.807) is 4.90 Å². The summed E-state index contributed by atoms with van der Waals surface area (Å²) in [5, 5.41) is 3.10. The highest BCUT2D eigenvalue weighted by Gasteiger charge is 2.33. The van der Waals surface area contributed by atoms with E-state index < -0.39 is 0 Å². The molecule has 0 bridgehead atoms. The molecule has 3 aromatic rings. The van der Waals surface area contributed by atoms with Gasteiger partial charge in [0.1, 0.15) is 11.6 Å². The third-order valence-corrected chi connectivity index (χ3v) is 6.51. The molecular weight excluding hydrogens is 406 g/mol. The predicted molar refractivity (Wildman–Crippen MR) is 120 cm³/mol.